The van der Waals surface area contributed by atoms with E-state index < -0.39 is 29.4 Å². The standard InChI is InChI=1S/C21H11F2NO4/c22-12-6-8-13(17(23)10-12)11-5-7-16(21(27)28)18(9-11)24-19(25)14-3-1-2-4-15(14)20(24)26/h1-10H,(H,27,28). The van der Waals surface area contributed by atoms with Crippen LogP contribution in [0.4, 0.5) is 14.5 Å². The van der Waals surface area contributed by atoms with Gasteiger partial charge in [-0.2, -0.15) is 0 Å². The summed E-state index contributed by atoms with van der Waals surface area (Å²) in [6.45, 7) is 0. The second-order valence-electron chi connectivity index (χ2n) is 6.15. The van der Waals surface area contributed by atoms with Crippen LogP contribution in [0.2, 0.25) is 0 Å². The third-order valence-electron chi connectivity index (χ3n) is 4.51. The van der Waals surface area contributed by atoms with E-state index in [2.05, 4.69) is 0 Å². The van der Waals surface area contributed by atoms with Crippen LogP contribution in [0.1, 0.15) is 31.1 Å². The van der Waals surface area contributed by atoms with Crippen LogP contribution < -0.4 is 4.90 Å². The number of benzene rings is 3. The summed E-state index contributed by atoms with van der Waals surface area (Å²) in [6.07, 6.45) is 0. The topological polar surface area (TPSA) is 74.7 Å². The Bertz CT molecular complexity index is 1140. The number of carbonyl (C=O) groups excluding carboxylic acids is 2. The molecule has 5 nitrogen and oxygen atoms in total. The fraction of sp³-hybridized carbons (Fsp3) is 0. The van der Waals surface area contributed by atoms with Gasteiger partial charge in [0.2, 0.25) is 0 Å². The number of fused-ring (bicyclic) bond motifs is 1. The van der Waals surface area contributed by atoms with Crippen molar-refractivity contribution < 1.29 is 28.3 Å². The number of nitrogens with zero attached hydrogens (tertiary/aromatic N) is 1. The van der Waals surface area contributed by atoms with Crippen LogP contribution in [-0.2, 0) is 0 Å². The number of halogens is 2. The molecule has 0 saturated heterocycles. The third-order valence-corrected chi connectivity index (χ3v) is 4.51. The second-order valence-corrected chi connectivity index (χ2v) is 6.15. The fourth-order valence-electron chi connectivity index (χ4n) is 3.20. The molecule has 0 atom stereocenters. The van der Waals surface area contributed by atoms with E-state index in [0.717, 1.165) is 11.0 Å². The molecular formula is C21H11F2NO4. The summed E-state index contributed by atoms with van der Waals surface area (Å²) in [6, 6.07) is 12.8. The zero-order valence-electron chi connectivity index (χ0n) is 14.1. The van der Waals surface area contributed by atoms with Gasteiger partial charge in [-0.05, 0) is 42.0 Å². The molecule has 1 aliphatic heterocycles. The summed E-state index contributed by atoms with van der Waals surface area (Å²) in [5.74, 6) is -4.29. The lowest BCUT2D eigenvalue weighted by atomic mass is 10.0. The minimum atomic E-state index is -1.35. The van der Waals surface area contributed by atoms with E-state index in [1.807, 2.05) is 0 Å². The molecular weight excluding hydrogens is 368 g/mol. The zero-order valence-corrected chi connectivity index (χ0v) is 14.1. The minimum Gasteiger partial charge on any atom is -0.478 e. The van der Waals surface area contributed by atoms with Crippen molar-refractivity contribution in [3.05, 3.63) is 89.0 Å². The van der Waals surface area contributed by atoms with Crippen LogP contribution in [-0.4, -0.2) is 22.9 Å². The van der Waals surface area contributed by atoms with E-state index in [9.17, 15) is 28.3 Å². The lowest BCUT2D eigenvalue weighted by Crippen LogP contribution is -2.31. The monoisotopic (exact) mass is 379 g/mol. The van der Waals surface area contributed by atoms with Crippen molar-refractivity contribution in [2.45, 2.75) is 0 Å². The number of aromatic carboxylic acids is 1. The number of hydrogen-bond acceptors (Lipinski definition) is 3. The van der Waals surface area contributed by atoms with Crippen molar-refractivity contribution in [2.24, 2.45) is 0 Å². The first-order valence-electron chi connectivity index (χ1n) is 8.19. The molecule has 1 aliphatic rings. The maximum atomic E-state index is 14.2. The number of rotatable bonds is 3. The van der Waals surface area contributed by atoms with Gasteiger partial charge in [0.1, 0.15) is 11.6 Å². The van der Waals surface area contributed by atoms with E-state index in [0.29, 0.717) is 6.07 Å². The summed E-state index contributed by atoms with van der Waals surface area (Å²) in [4.78, 5) is 37.9. The molecule has 0 aromatic heterocycles. The summed E-state index contributed by atoms with van der Waals surface area (Å²) < 4.78 is 27.4. The van der Waals surface area contributed by atoms with Crippen molar-refractivity contribution in [1.29, 1.82) is 0 Å². The van der Waals surface area contributed by atoms with Gasteiger partial charge in [0.05, 0.1) is 22.4 Å². The van der Waals surface area contributed by atoms with E-state index in [4.69, 9.17) is 0 Å². The summed E-state index contributed by atoms with van der Waals surface area (Å²) in [5, 5.41) is 9.49. The Hall–Kier alpha value is -3.87. The molecule has 2 amide bonds. The molecule has 1 N–H and O–H groups in total. The highest BCUT2D eigenvalue weighted by atomic mass is 19.1. The second kappa shape index (κ2) is 6.38. The minimum absolute atomic E-state index is 0.0104. The predicted molar refractivity (Wildman–Crippen MR) is 96.3 cm³/mol. The van der Waals surface area contributed by atoms with Crippen LogP contribution in [0.3, 0.4) is 0 Å². The van der Waals surface area contributed by atoms with Crippen LogP contribution in [0.25, 0.3) is 11.1 Å². The highest BCUT2D eigenvalue weighted by molar-refractivity contribution is 6.35. The Balaban J connectivity index is 1.90. The lowest BCUT2D eigenvalue weighted by molar-refractivity contribution is 0.0698. The van der Waals surface area contributed by atoms with Gasteiger partial charge in [-0.15, -0.1) is 0 Å². The van der Waals surface area contributed by atoms with E-state index >= 15 is 0 Å². The van der Waals surface area contributed by atoms with E-state index in [1.165, 1.54) is 36.4 Å². The third kappa shape index (κ3) is 2.64. The zero-order chi connectivity index (χ0) is 20.0. The molecule has 3 aromatic rings. The molecule has 3 aromatic carbocycles. The smallest absolute Gasteiger partial charge is 0.337 e. The first kappa shape index (κ1) is 17.5. The quantitative estimate of drug-likeness (QED) is 0.695. The number of imide groups is 1. The number of carboxylic acids is 1. The van der Waals surface area contributed by atoms with Crippen molar-refractivity contribution in [1.82, 2.24) is 0 Å². The highest BCUT2D eigenvalue weighted by Crippen LogP contribution is 2.35. The van der Waals surface area contributed by atoms with Crippen molar-refractivity contribution in [3.8, 4) is 11.1 Å². The van der Waals surface area contributed by atoms with Gasteiger partial charge in [-0.1, -0.05) is 18.2 Å². The first-order valence-corrected chi connectivity index (χ1v) is 8.19. The Morgan fingerprint density at radius 3 is 2.04 bits per heavy atom. The Kier molecular flexibility index (Phi) is 4.00. The maximum Gasteiger partial charge on any atom is 0.337 e. The average Bonchev–Trinajstić information content (AvgIpc) is 2.92. The molecule has 0 bridgehead atoms. The van der Waals surface area contributed by atoms with Crippen molar-refractivity contribution >= 4 is 23.5 Å². The highest BCUT2D eigenvalue weighted by Gasteiger charge is 2.38. The van der Waals surface area contributed by atoms with Crippen LogP contribution in [0.15, 0.2) is 60.7 Å². The summed E-state index contributed by atoms with van der Waals surface area (Å²) in [5.41, 5.74) is 0.0513. The molecule has 7 heteroatoms. The molecule has 138 valence electrons. The molecule has 0 spiro atoms. The normalized spacial score (nSPS) is 13.0. The molecule has 0 unspecified atom stereocenters. The van der Waals surface area contributed by atoms with Crippen LogP contribution >= 0.6 is 0 Å². The van der Waals surface area contributed by atoms with Gasteiger partial charge in [-0.25, -0.2) is 18.5 Å². The lowest BCUT2D eigenvalue weighted by Gasteiger charge is -2.18. The fourth-order valence-corrected chi connectivity index (χ4v) is 3.20. The molecule has 0 aliphatic carbocycles. The number of anilines is 1. The number of hydrogen-bond donors (Lipinski definition) is 1. The van der Waals surface area contributed by atoms with E-state index in [1.54, 1.807) is 12.1 Å². The molecule has 0 saturated carbocycles. The number of carboxylic acid groups (broad SMARTS) is 1. The van der Waals surface area contributed by atoms with Gasteiger partial charge in [0.15, 0.2) is 0 Å². The predicted octanol–water partition coefficient (Wildman–Crippen LogP) is 4.13. The van der Waals surface area contributed by atoms with Gasteiger partial charge < -0.3 is 5.11 Å². The average molecular weight is 379 g/mol. The molecule has 28 heavy (non-hydrogen) atoms. The number of amides is 2. The maximum absolute atomic E-state index is 14.2. The van der Waals surface area contributed by atoms with Gasteiger partial charge in [-0.3, -0.25) is 9.59 Å². The number of carbonyl (C=O) groups is 3. The van der Waals surface area contributed by atoms with Gasteiger partial charge >= 0.3 is 5.97 Å². The van der Waals surface area contributed by atoms with Crippen LogP contribution in [0.5, 0.6) is 0 Å². The Labute approximate surface area is 157 Å². The molecule has 1 heterocycles. The molecule has 0 fully saturated rings. The van der Waals surface area contributed by atoms with Crippen molar-refractivity contribution in [2.75, 3.05) is 4.90 Å². The van der Waals surface area contributed by atoms with Crippen molar-refractivity contribution in [3.63, 3.8) is 0 Å². The van der Waals surface area contributed by atoms with Crippen LogP contribution in [0, 0.1) is 11.6 Å². The molecule has 0 radical (unpaired) electrons. The van der Waals surface area contributed by atoms with Gasteiger partial charge in [0, 0.05) is 11.6 Å². The Morgan fingerprint density at radius 1 is 0.821 bits per heavy atom. The Morgan fingerprint density at radius 2 is 1.46 bits per heavy atom. The summed E-state index contributed by atoms with van der Waals surface area (Å²) in [7, 11) is 0. The molecule has 4 rings (SSSR count). The SMILES string of the molecule is O=C(O)c1ccc(-c2ccc(F)cc2F)cc1N1C(=O)c2ccccc2C1=O. The van der Waals surface area contributed by atoms with Gasteiger partial charge in [0.25, 0.3) is 11.8 Å². The first-order chi connectivity index (χ1) is 13.4. The van der Waals surface area contributed by atoms with E-state index in [-0.39, 0.29) is 33.5 Å². The largest absolute Gasteiger partial charge is 0.478 e. The summed E-state index contributed by atoms with van der Waals surface area (Å²) >= 11 is 0.